The highest BCUT2D eigenvalue weighted by molar-refractivity contribution is 5.66. The van der Waals surface area contributed by atoms with Crippen LogP contribution in [0.5, 0.6) is 0 Å². The van der Waals surface area contributed by atoms with Gasteiger partial charge in [0.1, 0.15) is 0 Å². The van der Waals surface area contributed by atoms with Crippen LogP contribution in [0, 0.1) is 0 Å². The Balaban J connectivity index is 0. The number of carbonyl (C=O) groups is 2. The molecule has 5 nitrogen and oxygen atoms in total. The van der Waals surface area contributed by atoms with E-state index in [0.29, 0.717) is 12.8 Å². The van der Waals surface area contributed by atoms with Gasteiger partial charge >= 0.3 is 11.9 Å². The Morgan fingerprint density at radius 1 is 0.463 bits per heavy atom. The van der Waals surface area contributed by atoms with Crippen LogP contribution in [0.15, 0.2) is 12.2 Å². The summed E-state index contributed by atoms with van der Waals surface area (Å²) in [7, 11) is 0. The van der Waals surface area contributed by atoms with E-state index < -0.39 is 11.9 Å². The van der Waals surface area contributed by atoms with Crippen molar-refractivity contribution in [3.05, 3.63) is 12.2 Å². The molecule has 3 N–H and O–H groups in total. The minimum atomic E-state index is -0.678. The van der Waals surface area contributed by atoms with E-state index in [-0.39, 0.29) is 6.10 Å². The quantitative estimate of drug-likeness (QED) is 0.0558. The highest BCUT2D eigenvalue weighted by Gasteiger charge is 2.03. The second kappa shape index (κ2) is 36.7. The van der Waals surface area contributed by atoms with Gasteiger partial charge in [-0.3, -0.25) is 9.59 Å². The Labute approximate surface area is 255 Å². The lowest BCUT2D eigenvalue weighted by Crippen LogP contribution is -2.05. The number of aliphatic hydroxyl groups excluding tert-OH is 1. The Kier molecular flexibility index (Phi) is 37.4. The maximum atomic E-state index is 10.3. The minimum Gasteiger partial charge on any atom is -0.481 e. The Morgan fingerprint density at radius 2 is 0.756 bits per heavy atom. The van der Waals surface area contributed by atoms with E-state index >= 15 is 0 Å². The summed E-state index contributed by atoms with van der Waals surface area (Å²) < 4.78 is 0. The summed E-state index contributed by atoms with van der Waals surface area (Å²) in [4.78, 5) is 20.7. The monoisotopic (exact) mass is 583 g/mol. The van der Waals surface area contributed by atoms with Crippen LogP contribution in [0.3, 0.4) is 0 Å². The number of allylic oxidation sites excluding steroid dienone is 2. The highest BCUT2D eigenvalue weighted by Crippen LogP contribution is 2.14. The zero-order valence-corrected chi connectivity index (χ0v) is 27.4. The summed E-state index contributed by atoms with van der Waals surface area (Å²) in [5.41, 5.74) is 0. The predicted molar refractivity (Wildman–Crippen MR) is 176 cm³/mol. The number of hydrogen-bond donors (Lipinski definition) is 3. The van der Waals surface area contributed by atoms with Gasteiger partial charge in [0, 0.05) is 12.8 Å². The summed E-state index contributed by atoms with van der Waals surface area (Å²) in [5.74, 6) is -1.34. The van der Waals surface area contributed by atoms with Crippen LogP contribution in [0.25, 0.3) is 0 Å². The minimum absolute atomic E-state index is 0.0853. The number of unbranched alkanes of at least 4 members (excludes halogenated alkanes) is 21. The van der Waals surface area contributed by atoms with E-state index in [0.717, 1.165) is 51.4 Å². The molecule has 0 heterocycles. The number of aliphatic carboxylic acids is 2. The first-order chi connectivity index (χ1) is 19.9. The first-order valence-corrected chi connectivity index (χ1v) is 17.7. The fraction of sp³-hybridized carbons (Fsp3) is 0.889. The van der Waals surface area contributed by atoms with E-state index in [2.05, 4.69) is 26.0 Å². The summed E-state index contributed by atoms with van der Waals surface area (Å²) in [6.07, 6.45) is 37.5. The third-order valence-electron chi connectivity index (χ3n) is 7.72. The lowest BCUT2D eigenvalue weighted by atomic mass is 10.0. The molecule has 0 radical (unpaired) electrons. The molecule has 0 saturated heterocycles. The molecule has 1 unspecified atom stereocenters. The summed E-state index contributed by atoms with van der Waals surface area (Å²) in [6, 6.07) is 0. The molecule has 0 aliphatic carbocycles. The average molecular weight is 583 g/mol. The molecular weight excluding hydrogens is 512 g/mol. The van der Waals surface area contributed by atoms with Crippen LogP contribution < -0.4 is 0 Å². The van der Waals surface area contributed by atoms with Gasteiger partial charge in [-0.25, -0.2) is 0 Å². The molecule has 0 aliphatic heterocycles. The van der Waals surface area contributed by atoms with E-state index in [9.17, 15) is 14.7 Å². The van der Waals surface area contributed by atoms with E-state index in [1.54, 1.807) is 0 Å². The fourth-order valence-electron chi connectivity index (χ4n) is 5.01. The zero-order chi connectivity index (χ0) is 30.7. The maximum absolute atomic E-state index is 10.3. The highest BCUT2D eigenvalue weighted by atomic mass is 16.4. The van der Waals surface area contributed by atoms with Crippen molar-refractivity contribution >= 4 is 11.9 Å². The van der Waals surface area contributed by atoms with Crippen molar-refractivity contribution in [2.75, 3.05) is 0 Å². The van der Waals surface area contributed by atoms with E-state index in [4.69, 9.17) is 10.2 Å². The van der Waals surface area contributed by atoms with Gasteiger partial charge in [-0.2, -0.15) is 0 Å². The lowest BCUT2D eigenvalue weighted by Gasteiger charge is -2.10. The van der Waals surface area contributed by atoms with Crippen molar-refractivity contribution in [3.63, 3.8) is 0 Å². The first kappa shape index (κ1) is 41.8. The SMILES string of the molecule is CCCCCCC(O)CCCCCCCCCCC(=O)O.CCCCCCCC/C=C\CCCCCCCC(=O)O. The van der Waals surface area contributed by atoms with Gasteiger partial charge in [0.15, 0.2) is 0 Å². The van der Waals surface area contributed by atoms with Gasteiger partial charge in [-0.05, 0) is 51.4 Å². The van der Waals surface area contributed by atoms with Crippen molar-refractivity contribution in [2.45, 2.75) is 206 Å². The van der Waals surface area contributed by atoms with Crippen molar-refractivity contribution in [3.8, 4) is 0 Å². The molecule has 0 aliphatic rings. The lowest BCUT2D eigenvalue weighted by molar-refractivity contribution is -0.138. The number of hydrogen-bond acceptors (Lipinski definition) is 3. The molecule has 0 spiro atoms. The molecule has 1 atom stereocenters. The molecule has 41 heavy (non-hydrogen) atoms. The van der Waals surface area contributed by atoms with E-state index in [1.807, 2.05) is 0 Å². The number of rotatable bonds is 31. The summed E-state index contributed by atoms with van der Waals surface area (Å²) in [5, 5.41) is 26.9. The van der Waals surface area contributed by atoms with Crippen LogP contribution in [-0.4, -0.2) is 33.4 Å². The third-order valence-corrected chi connectivity index (χ3v) is 7.72. The Morgan fingerprint density at radius 3 is 1.12 bits per heavy atom. The van der Waals surface area contributed by atoms with Crippen molar-refractivity contribution in [2.24, 2.45) is 0 Å². The van der Waals surface area contributed by atoms with Crippen molar-refractivity contribution in [1.29, 1.82) is 0 Å². The normalized spacial score (nSPS) is 11.9. The molecule has 5 heteroatoms. The largest absolute Gasteiger partial charge is 0.481 e. The molecule has 0 aromatic carbocycles. The van der Waals surface area contributed by atoms with Crippen LogP contribution in [-0.2, 0) is 9.59 Å². The Bertz CT molecular complexity index is 560. The second-order valence-electron chi connectivity index (χ2n) is 12.0. The molecule has 0 amide bonds. The van der Waals surface area contributed by atoms with Gasteiger partial charge in [0.2, 0.25) is 0 Å². The van der Waals surface area contributed by atoms with Crippen molar-refractivity contribution < 1.29 is 24.9 Å². The van der Waals surface area contributed by atoms with E-state index in [1.165, 1.54) is 122 Å². The fourth-order valence-corrected chi connectivity index (χ4v) is 5.01. The molecule has 0 rings (SSSR count). The Hall–Kier alpha value is -1.36. The standard InChI is InChI=1S/C18H36O3.C18H34O2/c1-2-3-4-11-14-17(19)15-12-9-7-5-6-8-10-13-16-18(20)21;1-2-3-4-5-6-7-8-9-10-11-12-13-14-15-16-17-18(19)20/h17,19H,2-16H2,1H3,(H,20,21);9-10H,2-8,11-17H2,1H3,(H,19,20)/b;10-9-. The molecule has 0 aromatic rings. The molecule has 0 aromatic heterocycles. The summed E-state index contributed by atoms with van der Waals surface area (Å²) >= 11 is 0. The predicted octanol–water partition coefficient (Wildman–Crippen LogP) is 11.4. The topological polar surface area (TPSA) is 94.8 Å². The molecule has 0 bridgehead atoms. The van der Waals surface area contributed by atoms with Gasteiger partial charge in [-0.1, -0.05) is 148 Å². The van der Waals surface area contributed by atoms with Crippen LogP contribution in [0.1, 0.15) is 200 Å². The van der Waals surface area contributed by atoms with Gasteiger partial charge in [-0.15, -0.1) is 0 Å². The van der Waals surface area contributed by atoms with Crippen molar-refractivity contribution in [1.82, 2.24) is 0 Å². The van der Waals surface area contributed by atoms with Crippen LogP contribution >= 0.6 is 0 Å². The smallest absolute Gasteiger partial charge is 0.303 e. The van der Waals surface area contributed by atoms with Gasteiger partial charge in [0.05, 0.1) is 6.10 Å². The maximum Gasteiger partial charge on any atom is 0.303 e. The molecule has 0 fully saturated rings. The molecule has 244 valence electrons. The second-order valence-corrected chi connectivity index (χ2v) is 12.0. The number of carboxylic acid groups (broad SMARTS) is 2. The zero-order valence-electron chi connectivity index (χ0n) is 27.4. The molecule has 0 saturated carbocycles. The van der Waals surface area contributed by atoms with Crippen LogP contribution in [0.2, 0.25) is 0 Å². The average Bonchev–Trinajstić information content (AvgIpc) is 2.94. The van der Waals surface area contributed by atoms with Gasteiger partial charge < -0.3 is 15.3 Å². The van der Waals surface area contributed by atoms with Gasteiger partial charge in [0.25, 0.3) is 0 Å². The third kappa shape index (κ3) is 43.2. The number of aliphatic hydroxyl groups is 1. The van der Waals surface area contributed by atoms with Crippen LogP contribution in [0.4, 0.5) is 0 Å². The molecular formula is C36H70O5. The summed E-state index contributed by atoms with van der Waals surface area (Å²) in [6.45, 7) is 4.47. The first-order valence-electron chi connectivity index (χ1n) is 17.7. The number of carboxylic acids is 2.